The van der Waals surface area contributed by atoms with E-state index in [1.54, 1.807) is 0 Å². The van der Waals surface area contributed by atoms with Gasteiger partial charge in [0.05, 0.1) is 6.54 Å². The molecule has 1 aromatic carbocycles. The first kappa shape index (κ1) is 10.9. The summed E-state index contributed by atoms with van der Waals surface area (Å²) in [5.74, 6) is 0.00395. The number of rotatable bonds is 3. The summed E-state index contributed by atoms with van der Waals surface area (Å²) in [5.41, 5.74) is 9.16. The molecular formula is C8H10Cl2N4. The van der Waals surface area contributed by atoms with E-state index in [1.807, 2.05) is 30.3 Å². The number of hydrogen-bond acceptors (Lipinski definition) is 2. The molecule has 0 aliphatic heterocycles. The van der Waals surface area contributed by atoms with Crippen LogP contribution in [0, 0.1) is 0 Å². The molecule has 0 saturated heterocycles. The number of benzene rings is 1. The van der Waals surface area contributed by atoms with Crippen molar-refractivity contribution in [3.63, 3.8) is 0 Å². The van der Waals surface area contributed by atoms with E-state index >= 15 is 0 Å². The summed E-state index contributed by atoms with van der Waals surface area (Å²) in [5, 5.41) is 3.73. The average Bonchev–Trinajstić information content (AvgIpc) is 2.19. The fourth-order valence-electron chi connectivity index (χ4n) is 0.845. The molecule has 1 rings (SSSR count). The van der Waals surface area contributed by atoms with Crippen LogP contribution in [0.1, 0.15) is 5.56 Å². The number of nitrogens with two attached hydrogens (primary N) is 1. The van der Waals surface area contributed by atoms with Crippen molar-refractivity contribution in [3.8, 4) is 0 Å². The minimum Gasteiger partial charge on any atom is -0.366 e. The van der Waals surface area contributed by atoms with Crippen molar-refractivity contribution < 1.29 is 0 Å². The third-order valence-corrected chi connectivity index (χ3v) is 1.84. The molecule has 6 heteroatoms. The van der Waals surface area contributed by atoms with Crippen molar-refractivity contribution in [2.75, 3.05) is 0 Å². The fraction of sp³-hybridized carbons (Fsp3) is 0.125. The lowest BCUT2D eigenvalue weighted by Gasteiger charge is -2.04. The standard InChI is InChI=1S/C8H10Cl2N4/c9-14(10)8(11)13-12-6-7-4-2-1-3-5-7/h1-5,12H,6H2,(H2,11,13). The maximum Gasteiger partial charge on any atom is 0.243 e. The van der Waals surface area contributed by atoms with Gasteiger partial charge >= 0.3 is 0 Å². The molecule has 0 atom stereocenters. The van der Waals surface area contributed by atoms with Crippen LogP contribution in [0.4, 0.5) is 0 Å². The van der Waals surface area contributed by atoms with Crippen LogP contribution in [0.15, 0.2) is 35.4 Å². The van der Waals surface area contributed by atoms with Crippen molar-refractivity contribution in [2.24, 2.45) is 10.8 Å². The molecule has 0 aromatic heterocycles. The lowest BCUT2D eigenvalue weighted by Crippen LogP contribution is -2.25. The summed E-state index contributed by atoms with van der Waals surface area (Å²) >= 11 is 10.6. The highest BCUT2D eigenvalue weighted by Crippen LogP contribution is 1.98. The maximum atomic E-state index is 5.33. The molecule has 0 bridgehead atoms. The van der Waals surface area contributed by atoms with Crippen molar-refractivity contribution in [3.05, 3.63) is 35.9 Å². The van der Waals surface area contributed by atoms with Gasteiger partial charge in [-0.15, -0.1) is 5.10 Å². The van der Waals surface area contributed by atoms with Gasteiger partial charge in [-0.05, 0) is 5.56 Å². The van der Waals surface area contributed by atoms with Gasteiger partial charge in [0.1, 0.15) is 0 Å². The molecule has 0 aliphatic carbocycles. The van der Waals surface area contributed by atoms with E-state index in [2.05, 4.69) is 10.5 Å². The third-order valence-electron chi connectivity index (χ3n) is 1.49. The van der Waals surface area contributed by atoms with Gasteiger partial charge in [-0.1, -0.05) is 30.3 Å². The second-order valence-electron chi connectivity index (χ2n) is 2.52. The van der Waals surface area contributed by atoms with Crippen molar-refractivity contribution in [1.29, 1.82) is 0 Å². The zero-order valence-electron chi connectivity index (χ0n) is 7.32. The number of hydrogen-bond donors (Lipinski definition) is 2. The van der Waals surface area contributed by atoms with Gasteiger partial charge < -0.3 is 11.2 Å². The first-order chi connectivity index (χ1) is 6.70. The highest BCUT2D eigenvalue weighted by Gasteiger charge is 1.97. The van der Waals surface area contributed by atoms with Crippen LogP contribution < -0.4 is 11.2 Å². The Kier molecular flexibility index (Phi) is 4.35. The summed E-state index contributed by atoms with van der Waals surface area (Å²) in [6, 6.07) is 9.77. The van der Waals surface area contributed by atoms with Gasteiger partial charge in [-0.2, -0.15) is 3.94 Å². The Balaban J connectivity index is 2.39. The second-order valence-corrected chi connectivity index (χ2v) is 3.37. The Hall–Kier alpha value is -1.13. The van der Waals surface area contributed by atoms with Crippen LogP contribution in [0.2, 0.25) is 0 Å². The molecule has 0 unspecified atom stereocenters. The number of nitrogens with zero attached hydrogens (tertiary/aromatic N) is 2. The predicted octanol–water partition coefficient (Wildman–Crippen LogP) is 1.62. The van der Waals surface area contributed by atoms with Gasteiger partial charge in [0.15, 0.2) is 0 Å². The van der Waals surface area contributed by atoms with Gasteiger partial charge in [-0.25, -0.2) is 0 Å². The van der Waals surface area contributed by atoms with Crippen molar-refractivity contribution in [2.45, 2.75) is 6.54 Å². The Labute approximate surface area is 92.5 Å². The van der Waals surface area contributed by atoms with E-state index in [-0.39, 0.29) is 5.96 Å². The highest BCUT2D eigenvalue weighted by atomic mass is 35.5. The molecule has 76 valence electrons. The maximum absolute atomic E-state index is 5.33. The zero-order valence-corrected chi connectivity index (χ0v) is 8.83. The third kappa shape index (κ3) is 3.72. The summed E-state index contributed by atoms with van der Waals surface area (Å²) in [4.78, 5) is 0. The number of guanidine groups is 1. The van der Waals surface area contributed by atoms with Gasteiger partial charge in [-0.3, -0.25) is 0 Å². The minimum absolute atomic E-state index is 0.00395. The van der Waals surface area contributed by atoms with Crippen LogP contribution in [-0.4, -0.2) is 9.90 Å². The van der Waals surface area contributed by atoms with E-state index in [1.165, 1.54) is 0 Å². The number of nitrogens with one attached hydrogen (secondary N) is 1. The zero-order chi connectivity index (χ0) is 10.4. The molecule has 14 heavy (non-hydrogen) atoms. The lowest BCUT2D eigenvalue weighted by atomic mass is 10.2. The normalized spacial score (nSPS) is 11.1. The van der Waals surface area contributed by atoms with Crippen LogP contribution in [0.5, 0.6) is 0 Å². The molecule has 0 aliphatic rings. The quantitative estimate of drug-likeness (QED) is 0.361. The number of hydrazone groups is 1. The average molecular weight is 233 g/mol. The van der Waals surface area contributed by atoms with Gasteiger partial charge in [0, 0.05) is 23.6 Å². The molecule has 3 N–H and O–H groups in total. The summed E-state index contributed by atoms with van der Waals surface area (Å²) < 4.78 is 0.692. The Bertz CT molecular complexity index is 299. The molecule has 0 radical (unpaired) electrons. The summed E-state index contributed by atoms with van der Waals surface area (Å²) in [7, 11) is 0. The smallest absolute Gasteiger partial charge is 0.243 e. The lowest BCUT2D eigenvalue weighted by molar-refractivity contribution is 0.730. The fourth-order valence-corrected chi connectivity index (χ4v) is 0.921. The molecule has 0 amide bonds. The van der Waals surface area contributed by atoms with Crippen LogP contribution in [0.25, 0.3) is 0 Å². The van der Waals surface area contributed by atoms with E-state index in [9.17, 15) is 0 Å². The summed E-state index contributed by atoms with van der Waals surface area (Å²) in [6.45, 7) is 0.573. The minimum atomic E-state index is 0.00395. The first-order valence-corrected chi connectivity index (χ1v) is 4.59. The molecule has 0 fully saturated rings. The Morgan fingerprint density at radius 3 is 2.57 bits per heavy atom. The largest absolute Gasteiger partial charge is 0.366 e. The molecule has 1 aromatic rings. The van der Waals surface area contributed by atoms with Crippen LogP contribution in [0.3, 0.4) is 0 Å². The van der Waals surface area contributed by atoms with Gasteiger partial charge in [0.2, 0.25) is 5.96 Å². The van der Waals surface area contributed by atoms with Crippen LogP contribution in [-0.2, 0) is 6.54 Å². The Morgan fingerprint density at radius 2 is 2.00 bits per heavy atom. The van der Waals surface area contributed by atoms with Crippen molar-refractivity contribution in [1.82, 2.24) is 9.36 Å². The van der Waals surface area contributed by atoms with E-state index < -0.39 is 0 Å². The van der Waals surface area contributed by atoms with E-state index in [4.69, 9.17) is 29.3 Å². The first-order valence-electron chi connectivity index (χ1n) is 3.92. The number of halogens is 2. The monoisotopic (exact) mass is 232 g/mol. The molecule has 0 heterocycles. The van der Waals surface area contributed by atoms with Crippen LogP contribution >= 0.6 is 23.6 Å². The van der Waals surface area contributed by atoms with E-state index in [0.717, 1.165) is 5.56 Å². The van der Waals surface area contributed by atoms with Gasteiger partial charge in [0.25, 0.3) is 0 Å². The summed E-state index contributed by atoms with van der Waals surface area (Å²) in [6.07, 6.45) is 0. The second kappa shape index (κ2) is 5.57. The Morgan fingerprint density at radius 1 is 1.36 bits per heavy atom. The molecule has 0 saturated carbocycles. The topological polar surface area (TPSA) is 53.6 Å². The van der Waals surface area contributed by atoms with Crippen molar-refractivity contribution >= 4 is 29.5 Å². The molecular weight excluding hydrogens is 223 g/mol. The predicted molar refractivity (Wildman–Crippen MR) is 58.4 cm³/mol. The molecule has 4 nitrogen and oxygen atoms in total. The molecule has 0 spiro atoms. The SMILES string of the molecule is N/C(=N/NCc1ccccc1)N(Cl)Cl. The van der Waals surface area contributed by atoms with E-state index in [0.29, 0.717) is 10.5 Å². The highest BCUT2D eigenvalue weighted by molar-refractivity contribution is 6.41.